The van der Waals surface area contributed by atoms with E-state index in [0.717, 1.165) is 19.1 Å². The largest absolute Gasteiger partial charge is 0.462 e. The Balaban J connectivity index is 1.31. The third-order valence-electron chi connectivity index (χ3n) is 6.34. The van der Waals surface area contributed by atoms with Crippen LogP contribution in [0.5, 0.6) is 11.6 Å². The lowest BCUT2D eigenvalue weighted by molar-refractivity contribution is -0.142. The molecule has 0 saturated heterocycles. The van der Waals surface area contributed by atoms with Crippen molar-refractivity contribution in [3.63, 3.8) is 0 Å². The number of aryl methyl sites for hydroxylation is 1. The number of carbonyl (C=O) groups is 1. The van der Waals surface area contributed by atoms with Gasteiger partial charge in [0.1, 0.15) is 12.0 Å². The van der Waals surface area contributed by atoms with Crippen LogP contribution in [0.3, 0.4) is 0 Å². The lowest BCUT2D eigenvalue weighted by Gasteiger charge is -2.12. The molecule has 4 aromatic rings. The number of fused-ring (bicyclic) bond motifs is 1. The lowest BCUT2D eigenvalue weighted by Crippen LogP contribution is -2.11. The highest BCUT2D eigenvalue weighted by Gasteiger charge is 2.38. The summed E-state index contributed by atoms with van der Waals surface area (Å²) in [6.45, 7) is 4.48. The van der Waals surface area contributed by atoms with E-state index < -0.39 is 17.8 Å². The summed E-state index contributed by atoms with van der Waals surface area (Å²) in [4.78, 5) is 21.1. The van der Waals surface area contributed by atoms with E-state index in [1.165, 1.54) is 23.0 Å². The summed E-state index contributed by atoms with van der Waals surface area (Å²) < 4.78 is 68.3. The molecule has 4 rings (SSSR count). The summed E-state index contributed by atoms with van der Waals surface area (Å²) >= 11 is 0. The Morgan fingerprint density at radius 1 is 1.02 bits per heavy atom. The molecule has 1 aromatic carbocycles. The van der Waals surface area contributed by atoms with Crippen LogP contribution >= 0.6 is 0 Å². The van der Waals surface area contributed by atoms with Gasteiger partial charge in [-0.15, -0.1) is 0 Å². The molecule has 0 spiro atoms. The zero-order chi connectivity index (χ0) is 30.7. The Morgan fingerprint density at radius 3 is 2.49 bits per heavy atom. The zero-order valence-corrected chi connectivity index (χ0v) is 23.6. The predicted octanol–water partition coefficient (Wildman–Crippen LogP) is 5.50. The van der Waals surface area contributed by atoms with Crippen molar-refractivity contribution in [2.24, 2.45) is 0 Å². The monoisotopic (exact) mass is 606 g/mol. The average Bonchev–Trinajstić information content (AvgIpc) is 3.65. The molecule has 14 heteroatoms. The maximum Gasteiger partial charge on any atom is 0.437 e. The van der Waals surface area contributed by atoms with Gasteiger partial charge in [-0.2, -0.15) is 13.2 Å². The highest BCUT2D eigenvalue weighted by Crippen LogP contribution is 2.37. The van der Waals surface area contributed by atoms with Crippen LogP contribution < -0.4 is 4.74 Å². The molecule has 0 aliphatic heterocycles. The minimum atomic E-state index is -4.70. The van der Waals surface area contributed by atoms with E-state index in [0.29, 0.717) is 62.6 Å². The summed E-state index contributed by atoms with van der Waals surface area (Å²) in [6.07, 6.45) is 3.74. The van der Waals surface area contributed by atoms with Gasteiger partial charge in [-0.05, 0) is 49.4 Å². The van der Waals surface area contributed by atoms with Gasteiger partial charge in [-0.3, -0.25) is 4.40 Å². The van der Waals surface area contributed by atoms with Crippen LogP contribution in [-0.2, 0) is 26.8 Å². The van der Waals surface area contributed by atoms with E-state index in [-0.39, 0.29) is 36.0 Å². The van der Waals surface area contributed by atoms with Crippen LogP contribution in [0.25, 0.3) is 16.9 Å². The number of nitrogens with zero attached hydrogens (tertiary/aromatic N) is 4. The highest BCUT2D eigenvalue weighted by atomic mass is 19.4. The van der Waals surface area contributed by atoms with E-state index in [9.17, 15) is 18.0 Å². The molecule has 0 radical (unpaired) electrons. The Hall–Kier alpha value is -4.01. The number of alkyl halides is 3. The van der Waals surface area contributed by atoms with Crippen molar-refractivity contribution in [2.45, 2.75) is 45.2 Å². The molecule has 0 bridgehead atoms. The Bertz CT molecular complexity index is 1470. The molecule has 0 atom stereocenters. The number of ether oxygens (including phenoxy) is 4. The Labute approximate surface area is 245 Å². The van der Waals surface area contributed by atoms with Crippen molar-refractivity contribution in [2.75, 3.05) is 39.6 Å². The number of carbonyl (C=O) groups excluding carboxylic acids is 1. The Kier molecular flexibility index (Phi) is 11.5. The fourth-order valence-electron chi connectivity index (χ4n) is 4.21. The van der Waals surface area contributed by atoms with Crippen molar-refractivity contribution in [1.82, 2.24) is 19.5 Å². The van der Waals surface area contributed by atoms with E-state index in [4.69, 9.17) is 24.1 Å². The van der Waals surface area contributed by atoms with Gasteiger partial charge in [0.05, 0.1) is 29.6 Å². The maximum absolute atomic E-state index is 13.4. The van der Waals surface area contributed by atoms with Gasteiger partial charge < -0.3 is 28.6 Å². The molecule has 232 valence electrons. The number of hydrogen-bond donors (Lipinski definition) is 1. The molecule has 0 amide bonds. The van der Waals surface area contributed by atoms with E-state index in [1.807, 2.05) is 6.92 Å². The first-order valence-electron chi connectivity index (χ1n) is 13.9. The fourth-order valence-corrected chi connectivity index (χ4v) is 4.21. The first-order chi connectivity index (χ1) is 20.8. The molecule has 0 fully saturated rings. The van der Waals surface area contributed by atoms with Gasteiger partial charge in [0.15, 0.2) is 5.69 Å². The number of hydrogen-bond acceptors (Lipinski definition) is 10. The van der Waals surface area contributed by atoms with Crippen LogP contribution in [0.2, 0.25) is 0 Å². The third kappa shape index (κ3) is 8.52. The van der Waals surface area contributed by atoms with Crippen LogP contribution in [0.4, 0.5) is 13.2 Å². The lowest BCUT2D eigenvalue weighted by atomic mass is 10.0. The molecule has 0 unspecified atom stereocenters. The number of esters is 1. The van der Waals surface area contributed by atoms with Crippen molar-refractivity contribution in [3.05, 3.63) is 59.9 Å². The van der Waals surface area contributed by atoms with Crippen molar-refractivity contribution in [3.8, 4) is 22.9 Å². The Morgan fingerprint density at radius 2 is 1.77 bits per heavy atom. The number of halogens is 3. The van der Waals surface area contributed by atoms with Crippen molar-refractivity contribution >= 4 is 11.6 Å². The first-order valence-corrected chi connectivity index (χ1v) is 13.9. The SMILES string of the molecule is CCc1cc(Oc2nccn3c(-c4conc4C(F)(F)F)cnc23)ccc1C(=O)OCCCOCCCCOCCCO. The molecule has 0 saturated carbocycles. The van der Waals surface area contributed by atoms with Gasteiger partial charge in [-0.25, -0.2) is 14.8 Å². The van der Waals surface area contributed by atoms with Gasteiger partial charge in [-0.1, -0.05) is 12.1 Å². The second kappa shape index (κ2) is 15.5. The van der Waals surface area contributed by atoms with Crippen molar-refractivity contribution < 1.29 is 46.5 Å². The summed E-state index contributed by atoms with van der Waals surface area (Å²) in [5.74, 6) is -0.0344. The van der Waals surface area contributed by atoms with Crippen molar-refractivity contribution in [1.29, 1.82) is 0 Å². The fraction of sp³-hybridized carbons (Fsp3) is 0.448. The average molecular weight is 607 g/mol. The standard InChI is InChI=1S/C29H33F3N4O7/c1-2-20-17-21(7-8-22(20)28(38)41-16-6-15-40-13-4-3-12-39-14-5-11-37)43-27-26-34-18-24(36(26)10-9-33-27)23-19-42-35-25(23)29(30,31)32/h7-10,17-19,37H,2-6,11-16H2,1H3. The summed E-state index contributed by atoms with van der Waals surface area (Å²) in [5.41, 5.74) is -0.0518. The molecule has 11 nitrogen and oxygen atoms in total. The molecular weight excluding hydrogens is 573 g/mol. The summed E-state index contributed by atoms with van der Waals surface area (Å²) in [7, 11) is 0. The molecule has 1 N–H and O–H groups in total. The van der Waals surface area contributed by atoms with Crippen LogP contribution in [0.1, 0.15) is 54.2 Å². The van der Waals surface area contributed by atoms with E-state index >= 15 is 0 Å². The number of imidazole rings is 1. The third-order valence-corrected chi connectivity index (χ3v) is 6.34. The second-order valence-corrected chi connectivity index (χ2v) is 9.42. The number of rotatable bonds is 17. The number of aromatic nitrogens is 4. The van der Waals surface area contributed by atoms with Gasteiger partial charge >= 0.3 is 12.1 Å². The molecule has 43 heavy (non-hydrogen) atoms. The quantitative estimate of drug-likeness (QED) is 0.121. The molecular formula is C29H33F3N4O7. The molecule has 0 aliphatic carbocycles. The first kappa shape index (κ1) is 31.9. The molecule has 3 aromatic heterocycles. The summed E-state index contributed by atoms with van der Waals surface area (Å²) in [6, 6.07) is 4.87. The number of unbranched alkanes of at least 4 members (excludes halogenated alkanes) is 1. The smallest absolute Gasteiger partial charge is 0.437 e. The normalized spacial score (nSPS) is 11.7. The number of benzene rings is 1. The number of aliphatic hydroxyl groups is 1. The van der Waals surface area contributed by atoms with E-state index in [2.05, 4.69) is 19.6 Å². The molecule has 0 aliphatic rings. The predicted molar refractivity (Wildman–Crippen MR) is 147 cm³/mol. The number of aliphatic hydroxyl groups excluding tert-OH is 1. The highest BCUT2D eigenvalue weighted by molar-refractivity contribution is 5.91. The van der Waals surface area contributed by atoms with Gasteiger partial charge in [0.2, 0.25) is 5.65 Å². The zero-order valence-electron chi connectivity index (χ0n) is 23.6. The minimum absolute atomic E-state index is 0.0605. The second-order valence-electron chi connectivity index (χ2n) is 9.42. The van der Waals surface area contributed by atoms with Crippen LogP contribution in [0, 0.1) is 0 Å². The van der Waals surface area contributed by atoms with Crippen LogP contribution in [-0.4, -0.2) is 70.2 Å². The summed E-state index contributed by atoms with van der Waals surface area (Å²) in [5, 5.41) is 11.8. The minimum Gasteiger partial charge on any atom is -0.462 e. The van der Waals surface area contributed by atoms with Gasteiger partial charge in [0.25, 0.3) is 5.88 Å². The van der Waals surface area contributed by atoms with Gasteiger partial charge in [0, 0.05) is 51.8 Å². The topological polar surface area (TPSA) is 130 Å². The van der Waals surface area contributed by atoms with Crippen LogP contribution in [0.15, 0.2) is 47.6 Å². The van der Waals surface area contributed by atoms with E-state index in [1.54, 1.807) is 18.2 Å². The maximum atomic E-state index is 13.4. The molecule has 3 heterocycles.